The van der Waals surface area contributed by atoms with Crippen molar-refractivity contribution >= 4 is 16.9 Å². The summed E-state index contributed by atoms with van der Waals surface area (Å²) in [6.07, 6.45) is 1.75. The van der Waals surface area contributed by atoms with Crippen molar-refractivity contribution < 1.29 is 0 Å². The van der Waals surface area contributed by atoms with Crippen molar-refractivity contribution in [3.63, 3.8) is 0 Å². The smallest absolute Gasteiger partial charge is 0.181 e. The molecule has 1 fully saturated rings. The van der Waals surface area contributed by atoms with E-state index in [0.29, 0.717) is 11.7 Å². The first-order chi connectivity index (χ1) is 13.8. The molecule has 5 rings (SSSR count). The van der Waals surface area contributed by atoms with Crippen LogP contribution in [0.2, 0.25) is 0 Å². The van der Waals surface area contributed by atoms with Crippen LogP contribution >= 0.6 is 0 Å². The lowest BCUT2D eigenvalue weighted by atomic mass is 10.0. The maximum absolute atomic E-state index is 4.93. The van der Waals surface area contributed by atoms with Crippen LogP contribution < -0.4 is 10.2 Å². The van der Waals surface area contributed by atoms with Gasteiger partial charge >= 0.3 is 0 Å². The molecule has 0 saturated carbocycles. The third-order valence-electron chi connectivity index (χ3n) is 5.30. The Balaban J connectivity index is 1.43. The van der Waals surface area contributed by atoms with Gasteiger partial charge in [0.1, 0.15) is 5.82 Å². The first kappa shape index (κ1) is 16.9. The standard InChI is InChI=1S/C22H22N6/c1-15-7-9-16(10-8-15)19-14-28(13-12-23-19)20-6-2-5-18(25-20)21-17-4-3-11-24-22(17)27-26-21/h2-11,19,23H,12-14H2,1H3,(H,24,26,27). The number of piperazine rings is 1. The predicted octanol–water partition coefficient (Wildman–Crippen LogP) is 3.48. The van der Waals surface area contributed by atoms with Crippen LogP contribution in [-0.2, 0) is 0 Å². The number of hydrogen-bond acceptors (Lipinski definition) is 5. The number of fused-ring (bicyclic) bond motifs is 1. The Hall–Kier alpha value is -3.25. The van der Waals surface area contributed by atoms with E-state index in [1.807, 2.05) is 18.2 Å². The summed E-state index contributed by atoms with van der Waals surface area (Å²) in [5.41, 5.74) is 5.11. The Morgan fingerprint density at radius 2 is 1.93 bits per heavy atom. The molecule has 3 aromatic heterocycles. The zero-order valence-electron chi connectivity index (χ0n) is 15.8. The van der Waals surface area contributed by atoms with Gasteiger partial charge in [-0.15, -0.1) is 0 Å². The molecule has 1 aliphatic rings. The van der Waals surface area contributed by atoms with Gasteiger partial charge in [-0.3, -0.25) is 5.10 Å². The molecule has 2 N–H and O–H groups in total. The summed E-state index contributed by atoms with van der Waals surface area (Å²) in [5, 5.41) is 12.0. The first-order valence-corrected chi connectivity index (χ1v) is 9.59. The molecule has 1 atom stereocenters. The fourth-order valence-corrected chi connectivity index (χ4v) is 3.76. The second-order valence-corrected chi connectivity index (χ2v) is 7.22. The monoisotopic (exact) mass is 370 g/mol. The molecule has 0 spiro atoms. The fourth-order valence-electron chi connectivity index (χ4n) is 3.76. The Kier molecular flexibility index (Phi) is 4.25. The van der Waals surface area contributed by atoms with Crippen molar-refractivity contribution in [3.05, 3.63) is 71.9 Å². The van der Waals surface area contributed by atoms with E-state index < -0.39 is 0 Å². The van der Waals surface area contributed by atoms with E-state index in [0.717, 1.165) is 42.2 Å². The van der Waals surface area contributed by atoms with Gasteiger partial charge in [0.05, 0.1) is 11.4 Å². The van der Waals surface area contributed by atoms with Gasteiger partial charge in [0.15, 0.2) is 5.65 Å². The Morgan fingerprint density at radius 3 is 2.82 bits per heavy atom. The van der Waals surface area contributed by atoms with Crippen LogP contribution in [0.1, 0.15) is 17.2 Å². The van der Waals surface area contributed by atoms with E-state index in [2.05, 4.69) is 68.7 Å². The molecule has 1 unspecified atom stereocenters. The van der Waals surface area contributed by atoms with Crippen molar-refractivity contribution in [2.24, 2.45) is 0 Å². The summed E-state index contributed by atoms with van der Waals surface area (Å²) in [7, 11) is 0. The Morgan fingerprint density at radius 1 is 1.04 bits per heavy atom. The maximum Gasteiger partial charge on any atom is 0.181 e. The van der Waals surface area contributed by atoms with Crippen LogP contribution in [0.5, 0.6) is 0 Å². The van der Waals surface area contributed by atoms with Gasteiger partial charge in [-0.1, -0.05) is 35.9 Å². The average molecular weight is 370 g/mol. The van der Waals surface area contributed by atoms with Crippen LogP contribution in [0, 0.1) is 6.92 Å². The number of rotatable bonds is 3. The van der Waals surface area contributed by atoms with Crippen LogP contribution in [0.4, 0.5) is 5.82 Å². The van der Waals surface area contributed by atoms with E-state index in [1.54, 1.807) is 6.20 Å². The highest BCUT2D eigenvalue weighted by Crippen LogP contribution is 2.27. The first-order valence-electron chi connectivity index (χ1n) is 9.59. The van der Waals surface area contributed by atoms with Crippen molar-refractivity contribution in [2.45, 2.75) is 13.0 Å². The van der Waals surface area contributed by atoms with Crippen molar-refractivity contribution in [2.75, 3.05) is 24.5 Å². The van der Waals surface area contributed by atoms with Crippen LogP contribution in [0.3, 0.4) is 0 Å². The van der Waals surface area contributed by atoms with Gasteiger partial charge in [-0.05, 0) is 36.8 Å². The van der Waals surface area contributed by atoms with Crippen LogP contribution in [0.15, 0.2) is 60.8 Å². The molecule has 140 valence electrons. The Labute approximate surface area is 163 Å². The largest absolute Gasteiger partial charge is 0.353 e. The number of aromatic nitrogens is 4. The quantitative estimate of drug-likeness (QED) is 0.578. The predicted molar refractivity (Wildman–Crippen MR) is 111 cm³/mol. The molecular weight excluding hydrogens is 348 g/mol. The number of H-pyrrole nitrogens is 1. The number of nitrogens with one attached hydrogen (secondary N) is 2. The third-order valence-corrected chi connectivity index (χ3v) is 5.30. The van der Waals surface area contributed by atoms with Crippen molar-refractivity contribution in [3.8, 4) is 11.4 Å². The second-order valence-electron chi connectivity index (χ2n) is 7.22. The lowest BCUT2D eigenvalue weighted by Gasteiger charge is -2.35. The number of aryl methyl sites for hydroxylation is 1. The van der Waals surface area contributed by atoms with Gasteiger partial charge < -0.3 is 10.2 Å². The van der Waals surface area contributed by atoms with Crippen molar-refractivity contribution in [1.29, 1.82) is 0 Å². The van der Waals surface area contributed by atoms with Crippen LogP contribution in [0.25, 0.3) is 22.4 Å². The molecule has 0 amide bonds. The summed E-state index contributed by atoms with van der Waals surface area (Å²) in [6.45, 7) is 4.88. The zero-order valence-corrected chi connectivity index (χ0v) is 15.8. The Bertz CT molecular complexity index is 1100. The maximum atomic E-state index is 4.93. The molecule has 28 heavy (non-hydrogen) atoms. The molecule has 1 aromatic carbocycles. The number of aromatic amines is 1. The summed E-state index contributed by atoms with van der Waals surface area (Å²) in [4.78, 5) is 11.6. The molecule has 4 aromatic rings. The summed E-state index contributed by atoms with van der Waals surface area (Å²) in [5.74, 6) is 0.989. The van der Waals surface area contributed by atoms with Gasteiger partial charge in [-0.2, -0.15) is 5.10 Å². The number of hydrogen-bond donors (Lipinski definition) is 2. The van der Waals surface area contributed by atoms with Gasteiger partial charge in [0.2, 0.25) is 0 Å². The molecule has 0 radical (unpaired) electrons. The van der Waals surface area contributed by atoms with E-state index in [1.165, 1.54) is 11.1 Å². The molecular formula is C22H22N6. The van der Waals surface area contributed by atoms with Gasteiger partial charge in [0.25, 0.3) is 0 Å². The summed E-state index contributed by atoms with van der Waals surface area (Å²) < 4.78 is 0. The minimum atomic E-state index is 0.303. The van der Waals surface area contributed by atoms with E-state index in [4.69, 9.17) is 4.98 Å². The second kappa shape index (κ2) is 7.05. The minimum Gasteiger partial charge on any atom is -0.353 e. The molecule has 6 heteroatoms. The molecule has 4 heterocycles. The van der Waals surface area contributed by atoms with Gasteiger partial charge in [-0.25, -0.2) is 9.97 Å². The number of anilines is 1. The minimum absolute atomic E-state index is 0.303. The van der Waals surface area contributed by atoms with Crippen LogP contribution in [-0.4, -0.2) is 39.8 Å². The highest BCUT2D eigenvalue weighted by atomic mass is 15.2. The molecule has 6 nitrogen and oxygen atoms in total. The molecule has 1 saturated heterocycles. The molecule has 0 bridgehead atoms. The normalized spacial score (nSPS) is 17.2. The number of nitrogens with zero attached hydrogens (tertiary/aromatic N) is 4. The molecule has 0 aliphatic carbocycles. The molecule has 1 aliphatic heterocycles. The zero-order chi connectivity index (χ0) is 18.9. The summed E-state index contributed by atoms with van der Waals surface area (Å²) in [6, 6.07) is 19.2. The van der Waals surface area contributed by atoms with Gasteiger partial charge in [0, 0.05) is 37.3 Å². The summed E-state index contributed by atoms with van der Waals surface area (Å²) >= 11 is 0. The van der Waals surface area contributed by atoms with E-state index in [9.17, 15) is 0 Å². The van der Waals surface area contributed by atoms with E-state index in [-0.39, 0.29) is 0 Å². The van der Waals surface area contributed by atoms with E-state index >= 15 is 0 Å². The number of pyridine rings is 2. The lowest BCUT2D eigenvalue weighted by molar-refractivity contribution is 0.469. The SMILES string of the molecule is Cc1ccc(C2CN(c3cccc(-c4[nH]nc5ncccc45)n3)CCN2)cc1. The number of benzene rings is 1. The average Bonchev–Trinajstić information content (AvgIpc) is 3.19. The highest BCUT2D eigenvalue weighted by Gasteiger charge is 2.22. The van der Waals surface area contributed by atoms with Crippen molar-refractivity contribution in [1.82, 2.24) is 25.5 Å². The fraction of sp³-hybridized carbons (Fsp3) is 0.227. The highest BCUT2D eigenvalue weighted by molar-refractivity contribution is 5.89. The topological polar surface area (TPSA) is 69.7 Å². The lowest BCUT2D eigenvalue weighted by Crippen LogP contribution is -2.46. The third kappa shape index (κ3) is 3.12.